The number of methoxy groups -OCH3 is 2. The van der Waals surface area contributed by atoms with E-state index in [-0.39, 0.29) is 18.1 Å². The fourth-order valence-corrected chi connectivity index (χ4v) is 4.17. The lowest BCUT2D eigenvalue weighted by atomic mass is 10.2. The van der Waals surface area contributed by atoms with Crippen LogP contribution in [0.15, 0.2) is 80.4 Å². The van der Waals surface area contributed by atoms with Crippen LogP contribution in [0.3, 0.4) is 0 Å². The third kappa shape index (κ3) is 5.58. The smallest absolute Gasteiger partial charge is 0.270 e. The van der Waals surface area contributed by atoms with Crippen molar-refractivity contribution in [3.8, 4) is 11.5 Å². The largest absolute Gasteiger partial charge is 0.493 e. The first-order valence-corrected chi connectivity index (χ1v) is 11.1. The second-order valence-electron chi connectivity index (χ2n) is 7.17. The lowest BCUT2D eigenvalue weighted by Gasteiger charge is -2.12. The summed E-state index contributed by atoms with van der Waals surface area (Å²) in [5.74, 6) is 1.45. The van der Waals surface area contributed by atoms with Gasteiger partial charge in [-0.2, -0.15) is 5.10 Å². The van der Waals surface area contributed by atoms with Crippen molar-refractivity contribution in [3.05, 3.63) is 92.8 Å². The molecule has 1 fully saturated rings. The van der Waals surface area contributed by atoms with Crippen molar-refractivity contribution < 1.29 is 23.6 Å². The van der Waals surface area contributed by atoms with Crippen molar-refractivity contribution in [1.29, 1.82) is 0 Å². The van der Waals surface area contributed by atoms with Gasteiger partial charge >= 0.3 is 0 Å². The van der Waals surface area contributed by atoms with Crippen LogP contribution >= 0.6 is 11.8 Å². The van der Waals surface area contributed by atoms with Crippen LogP contribution in [0.5, 0.6) is 11.5 Å². The van der Waals surface area contributed by atoms with Gasteiger partial charge in [-0.25, -0.2) is 0 Å². The molecule has 0 radical (unpaired) electrons. The number of benzene rings is 2. The van der Waals surface area contributed by atoms with Gasteiger partial charge in [-0.05, 0) is 47.7 Å². The number of carbonyl (C=O) groups is 1. The van der Waals surface area contributed by atoms with Crippen molar-refractivity contribution in [3.63, 3.8) is 0 Å². The second-order valence-corrected chi connectivity index (χ2v) is 8.18. The number of thioether (sulfide) groups is 1. The summed E-state index contributed by atoms with van der Waals surface area (Å²) in [4.78, 5) is 25.6. The van der Waals surface area contributed by atoms with Gasteiger partial charge in [0.2, 0.25) is 0 Å². The standard InChI is InChI=1S/C24H20N4O6S/c1-32-20-9-8-16(12-21(20)33-2)13-22-23(29)27(15-19-7-4-10-34-19)24(35-22)26-25-14-17-5-3-6-18(11-17)28(30)31/h3-14H,15H2,1-2H3/b22-13-,25-14+,26-24-. The number of nitrogens with zero attached hydrogens (tertiary/aromatic N) is 4. The number of nitro groups is 1. The zero-order valence-electron chi connectivity index (χ0n) is 18.8. The van der Waals surface area contributed by atoms with Crippen LogP contribution < -0.4 is 9.47 Å². The number of amidine groups is 1. The van der Waals surface area contributed by atoms with Crippen molar-refractivity contribution in [1.82, 2.24) is 4.90 Å². The maximum absolute atomic E-state index is 13.2. The van der Waals surface area contributed by atoms with E-state index in [9.17, 15) is 14.9 Å². The molecule has 1 aromatic heterocycles. The Morgan fingerprint density at radius 2 is 1.91 bits per heavy atom. The summed E-state index contributed by atoms with van der Waals surface area (Å²) in [6.45, 7) is 0.174. The number of carbonyl (C=O) groups excluding carboxylic acids is 1. The van der Waals surface area contributed by atoms with E-state index in [1.165, 1.54) is 29.5 Å². The second kappa shape index (κ2) is 10.7. The van der Waals surface area contributed by atoms with Crippen LogP contribution in [0.4, 0.5) is 5.69 Å². The van der Waals surface area contributed by atoms with Gasteiger partial charge in [0.1, 0.15) is 5.76 Å². The molecule has 0 unspecified atom stereocenters. The molecule has 1 amide bonds. The van der Waals surface area contributed by atoms with Crippen LogP contribution in [0.1, 0.15) is 16.9 Å². The van der Waals surface area contributed by atoms with Crippen LogP contribution in [0.2, 0.25) is 0 Å². The van der Waals surface area contributed by atoms with Gasteiger partial charge in [0, 0.05) is 17.7 Å². The first-order chi connectivity index (χ1) is 17.0. The summed E-state index contributed by atoms with van der Waals surface area (Å²) in [6, 6.07) is 14.9. The lowest BCUT2D eigenvalue weighted by molar-refractivity contribution is -0.384. The molecule has 10 nitrogen and oxygen atoms in total. The molecule has 0 saturated carbocycles. The normalized spacial score (nSPS) is 15.9. The Morgan fingerprint density at radius 3 is 2.63 bits per heavy atom. The monoisotopic (exact) mass is 492 g/mol. The number of hydrogen-bond acceptors (Lipinski definition) is 9. The topological polar surface area (TPSA) is 120 Å². The molecular weight excluding hydrogens is 472 g/mol. The molecule has 0 aliphatic carbocycles. The summed E-state index contributed by atoms with van der Waals surface area (Å²) in [7, 11) is 3.09. The first-order valence-electron chi connectivity index (χ1n) is 10.3. The molecule has 4 rings (SSSR count). The van der Waals surface area contributed by atoms with Crippen molar-refractivity contribution in [2.75, 3.05) is 14.2 Å². The average molecular weight is 493 g/mol. The Balaban J connectivity index is 1.63. The van der Waals surface area contributed by atoms with E-state index in [2.05, 4.69) is 10.2 Å². The summed E-state index contributed by atoms with van der Waals surface area (Å²) in [5, 5.41) is 19.6. The van der Waals surface area contributed by atoms with Gasteiger partial charge in [0.15, 0.2) is 16.7 Å². The molecule has 178 valence electrons. The van der Waals surface area contributed by atoms with Gasteiger partial charge < -0.3 is 13.9 Å². The molecule has 3 aromatic rings. The minimum absolute atomic E-state index is 0.0494. The van der Waals surface area contributed by atoms with Gasteiger partial charge in [0.05, 0.1) is 43.1 Å². The van der Waals surface area contributed by atoms with Gasteiger partial charge in [0.25, 0.3) is 11.6 Å². The fourth-order valence-electron chi connectivity index (χ4n) is 3.24. The number of nitro benzene ring substituents is 1. The van der Waals surface area contributed by atoms with E-state index < -0.39 is 4.92 Å². The molecule has 0 N–H and O–H groups in total. The minimum atomic E-state index is -0.481. The number of ether oxygens (including phenoxy) is 2. The first kappa shape index (κ1) is 23.8. The highest BCUT2D eigenvalue weighted by Gasteiger charge is 2.34. The molecule has 1 aliphatic rings. The highest BCUT2D eigenvalue weighted by molar-refractivity contribution is 8.18. The van der Waals surface area contributed by atoms with E-state index in [0.717, 1.165) is 17.3 Å². The average Bonchev–Trinajstić information content (AvgIpc) is 3.48. The summed E-state index contributed by atoms with van der Waals surface area (Å²) in [6.07, 6.45) is 4.66. The third-order valence-corrected chi connectivity index (χ3v) is 5.92. The molecule has 2 aromatic carbocycles. The minimum Gasteiger partial charge on any atom is -0.493 e. The zero-order valence-corrected chi connectivity index (χ0v) is 19.6. The van der Waals surface area contributed by atoms with Crippen LogP contribution in [-0.4, -0.2) is 41.3 Å². The highest BCUT2D eigenvalue weighted by Crippen LogP contribution is 2.35. The van der Waals surface area contributed by atoms with E-state index in [1.54, 1.807) is 56.7 Å². The molecule has 2 heterocycles. The highest BCUT2D eigenvalue weighted by atomic mass is 32.2. The predicted molar refractivity (Wildman–Crippen MR) is 132 cm³/mol. The van der Waals surface area contributed by atoms with Crippen LogP contribution in [-0.2, 0) is 11.3 Å². The molecule has 0 spiro atoms. The number of amides is 1. The van der Waals surface area contributed by atoms with Crippen LogP contribution in [0, 0.1) is 10.1 Å². The summed E-state index contributed by atoms with van der Waals surface area (Å²) in [5.41, 5.74) is 1.21. The number of furan rings is 1. The lowest BCUT2D eigenvalue weighted by Crippen LogP contribution is -2.28. The van der Waals surface area contributed by atoms with Crippen LogP contribution in [0.25, 0.3) is 6.08 Å². The predicted octanol–water partition coefficient (Wildman–Crippen LogP) is 4.71. The molecule has 0 atom stereocenters. The maximum Gasteiger partial charge on any atom is 0.270 e. The SMILES string of the molecule is COc1ccc(/C=C2\S/C(=N\N=C\c3cccc([N+](=O)[O-])c3)N(Cc3ccco3)C2=O)cc1OC. The van der Waals surface area contributed by atoms with E-state index in [0.29, 0.717) is 32.9 Å². The zero-order chi connectivity index (χ0) is 24.8. The molecule has 35 heavy (non-hydrogen) atoms. The summed E-state index contributed by atoms with van der Waals surface area (Å²) >= 11 is 1.16. The fraction of sp³-hybridized carbons (Fsp3) is 0.125. The Kier molecular flexibility index (Phi) is 7.27. The van der Waals surface area contributed by atoms with E-state index in [1.807, 2.05) is 6.07 Å². The Morgan fingerprint density at radius 1 is 1.09 bits per heavy atom. The summed E-state index contributed by atoms with van der Waals surface area (Å²) < 4.78 is 16.0. The Bertz CT molecular complexity index is 1330. The molecule has 0 bridgehead atoms. The quantitative estimate of drug-likeness (QED) is 0.193. The van der Waals surface area contributed by atoms with Crippen molar-refractivity contribution >= 4 is 40.8 Å². The van der Waals surface area contributed by atoms with E-state index in [4.69, 9.17) is 13.9 Å². The number of hydrogen-bond donors (Lipinski definition) is 0. The molecule has 11 heteroatoms. The Labute approximate surface area is 204 Å². The third-order valence-electron chi connectivity index (χ3n) is 4.92. The van der Waals surface area contributed by atoms with Gasteiger partial charge in [-0.1, -0.05) is 18.2 Å². The van der Waals surface area contributed by atoms with Gasteiger partial charge in [-0.15, -0.1) is 5.10 Å². The number of non-ortho nitro benzene ring substituents is 1. The Hall–Kier alpha value is -4.38. The molecular formula is C24H20N4O6S. The van der Waals surface area contributed by atoms with E-state index >= 15 is 0 Å². The van der Waals surface area contributed by atoms with Crippen molar-refractivity contribution in [2.45, 2.75) is 6.54 Å². The molecule has 1 saturated heterocycles. The maximum atomic E-state index is 13.2. The molecule has 1 aliphatic heterocycles. The number of rotatable bonds is 8. The van der Waals surface area contributed by atoms with Gasteiger partial charge in [-0.3, -0.25) is 19.8 Å². The van der Waals surface area contributed by atoms with Crippen molar-refractivity contribution in [2.24, 2.45) is 10.2 Å².